The highest BCUT2D eigenvalue weighted by Crippen LogP contribution is 2.15. The summed E-state index contributed by atoms with van der Waals surface area (Å²) in [6.07, 6.45) is 0. The average Bonchev–Trinajstić information content (AvgIpc) is 2.75. The predicted molar refractivity (Wildman–Crippen MR) is 53.9 cm³/mol. The van der Waals surface area contributed by atoms with E-state index in [2.05, 4.69) is 14.9 Å². The number of methoxy groups -OCH3 is 1. The Morgan fingerprint density at radius 2 is 2.06 bits per heavy atom. The summed E-state index contributed by atoms with van der Waals surface area (Å²) in [5, 5.41) is 5.81. The first kappa shape index (κ1) is 10.2. The van der Waals surface area contributed by atoms with Gasteiger partial charge in [0.2, 0.25) is 5.89 Å². The predicted octanol–water partition coefficient (Wildman–Crippen LogP) is 0.816. The van der Waals surface area contributed by atoms with Crippen LogP contribution in [0.2, 0.25) is 0 Å². The molecule has 0 aliphatic rings. The maximum Gasteiger partial charge on any atom is 0.434 e. The van der Waals surface area contributed by atoms with Crippen LogP contribution >= 0.6 is 0 Å². The van der Waals surface area contributed by atoms with Crippen molar-refractivity contribution in [2.24, 2.45) is 0 Å². The van der Waals surface area contributed by atoms with Crippen LogP contribution in [0.25, 0.3) is 11.5 Å². The van der Waals surface area contributed by atoms with Gasteiger partial charge in [0.15, 0.2) is 0 Å². The highest BCUT2D eigenvalue weighted by atomic mass is 16.5. The summed E-state index contributed by atoms with van der Waals surface area (Å²) in [4.78, 5) is 21.9. The maximum absolute atomic E-state index is 11.1. The number of carbonyl (C=O) groups excluding carboxylic acids is 1. The van der Waals surface area contributed by atoms with E-state index in [1.54, 1.807) is 24.3 Å². The van der Waals surface area contributed by atoms with E-state index in [4.69, 9.17) is 4.42 Å². The lowest BCUT2D eigenvalue weighted by atomic mass is 10.1. The molecule has 0 unspecified atom stereocenters. The number of benzene rings is 1. The number of ether oxygens (including phenoxy) is 1. The van der Waals surface area contributed by atoms with E-state index in [-0.39, 0.29) is 5.89 Å². The first-order valence-electron chi connectivity index (χ1n) is 4.45. The largest absolute Gasteiger partial charge is 0.465 e. The molecule has 1 aromatic carbocycles. The van der Waals surface area contributed by atoms with Crippen molar-refractivity contribution in [2.45, 2.75) is 0 Å². The summed E-state index contributed by atoms with van der Waals surface area (Å²) >= 11 is 0. The van der Waals surface area contributed by atoms with Crippen LogP contribution in [-0.4, -0.2) is 23.3 Å². The Morgan fingerprint density at radius 3 is 2.56 bits per heavy atom. The Balaban J connectivity index is 2.32. The molecular formula is C10H8N2O4. The molecule has 0 radical (unpaired) electrons. The molecule has 82 valence electrons. The normalized spacial score (nSPS) is 10.1. The minimum absolute atomic E-state index is 0.182. The van der Waals surface area contributed by atoms with Crippen molar-refractivity contribution < 1.29 is 13.9 Å². The third-order valence-corrected chi connectivity index (χ3v) is 1.99. The summed E-state index contributed by atoms with van der Waals surface area (Å²) in [5.74, 6) is -0.858. The summed E-state index contributed by atoms with van der Waals surface area (Å²) < 4.78 is 9.31. The number of H-pyrrole nitrogens is 1. The zero-order valence-electron chi connectivity index (χ0n) is 8.39. The molecule has 0 aliphatic carbocycles. The second-order valence-electron chi connectivity index (χ2n) is 2.99. The van der Waals surface area contributed by atoms with Crippen molar-refractivity contribution in [3.8, 4) is 11.5 Å². The molecular weight excluding hydrogens is 212 g/mol. The molecule has 6 nitrogen and oxygen atoms in total. The molecule has 0 bridgehead atoms. The summed E-state index contributed by atoms with van der Waals surface area (Å²) in [6.45, 7) is 0. The molecule has 2 rings (SSSR count). The van der Waals surface area contributed by atoms with Crippen LogP contribution in [0.1, 0.15) is 10.4 Å². The molecule has 1 heterocycles. The molecule has 1 N–H and O–H groups in total. The molecule has 1 aromatic heterocycles. The Hall–Kier alpha value is -2.37. The standard InChI is InChI=1S/C10H8N2O4/c1-15-9(13)7-4-2-6(3-5-7)8-11-12-10(14)16-8/h2-5H,1H3,(H,12,14). The van der Waals surface area contributed by atoms with E-state index >= 15 is 0 Å². The third-order valence-electron chi connectivity index (χ3n) is 1.99. The van der Waals surface area contributed by atoms with Crippen molar-refractivity contribution in [3.63, 3.8) is 0 Å². The van der Waals surface area contributed by atoms with Crippen LogP contribution in [0.4, 0.5) is 0 Å². The number of esters is 1. The molecule has 0 fully saturated rings. The minimum Gasteiger partial charge on any atom is -0.465 e. The summed E-state index contributed by atoms with van der Waals surface area (Å²) in [7, 11) is 1.31. The monoisotopic (exact) mass is 220 g/mol. The van der Waals surface area contributed by atoms with Gasteiger partial charge in [0.05, 0.1) is 12.7 Å². The summed E-state index contributed by atoms with van der Waals surface area (Å²) in [6, 6.07) is 6.36. The zero-order valence-corrected chi connectivity index (χ0v) is 8.39. The van der Waals surface area contributed by atoms with Gasteiger partial charge in [-0.3, -0.25) is 0 Å². The molecule has 0 atom stereocenters. The van der Waals surface area contributed by atoms with Crippen molar-refractivity contribution in [3.05, 3.63) is 40.4 Å². The van der Waals surface area contributed by atoms with Gasteiger partial charge in [-0.2, -0.15) is 0 Å². The molecule has 0 aliphatic heterocycles. The van der Waals surface area contributed by atoms with Gasteiger partial charge in [-0.15, -0.1) is 5.10 Å². The van der Waals surface area contributed by atoms with Crippen molar-refractivity contribution in [2.75, 3.05) is 7.11 Å². The average molecular weight is 220 g/mol. The van der Waals surface area contributed by atoms with E-state index in [9.17, 15) is 9.59 Å². The second-order valence-corrected chi connectivity index (χ2v) is 2.99. The number of carbonyl (C=O) groups is 1. The van der Waals surface area contributed by atoms with Crippen LogP contribution in [0.15, 0.2) is 33.5 Å². The van der Waals surface area contributed by atoms with Gasteiger partial charge < -0.3 is 9.15 Å². The van der Waals surface area contributed by atoms with Gasteiger partial charge in [-0.1, -0.05) is 0 Å². The van der Waals surface area contributed by atoms with Crippen LogP contribution < -0.4 is 5.76 Å². The second kappa shape index (κ2) is 4.01. The van der Waals surface area contributed by atoms with Gasteiger partial charge in [0.25, 0.3) is 0 Å². The van der Waals surface area contributed by atoms with Crippen LogP contribution in [0, 0.1) is 0 Å². The number of nitrogens with one attached hydrogen (secondary N) is 1. The molecule has 6 heteroatoms. The van der Waals surface area contributed by atoms with Crippen LogP contribution in [0.5, 0.6) is 0 Å². The fourth-order valence-electron chi connectivity index (χ4n) is 1.22. The van der Waals surface area contributed by atoms with Gasteiger partial charge in [-0.25, -0.2) is 14.7 Å². The van der Waals surface area contributed by atoms with E-state index in [0.717, 1.165) is 0 Å². The van der Waals surface area contributed by atoms with E-state index in [1.165, 1.54) is 7.11 Å². The Morgan fingerprint density at radius 1 is 1.38 bits per heavy atom. The Bertz CT molecular complexity index is 553. The smallest absolute Gasteiger partial charge is 0.434 e. The van der Waals surface area contributed by atoms with Gasteiger partial charge >= 0.3 is 11.7 Å². The van der Waals surface area contributed by atoms with E-state index in [1.807, 2.05) is 0 Å². The number of hydrogen-bond acceptors (Lipinski definition) is 5. The lowest BCUT2D eigenvalue weighted by Crippen LogP contribution is -2.00. The number of hydrogen-bond donors (Lipinski definition) is 1. The molecule has 0 saturated carbocycles. The molecule has 0 amide bonds. The molecule has 16 heavy (non-hydrogen) atoms. The lowest BCUT2D eigenvalue weighted by Gasteiger charge is -1.99. The lowest BCUT2D eigenvalue weighted by molar-refractivity contribution is 0.0601. The fourth-order valence-corrected chi connectivity index (χ4v) is 1.22. The molecule has 0 saturated heterocycles. The number of rotatable bonds is 2. The van der Waals surface area contributed by atoms with Gasteiger partial charge in [-0.05, 0) is 24.3 Å². The molecule has 2 aromatic rings. The maximum atomic E-state index is 11.1. The number of aromatic amines is 1. The molecule has 0 spiro atoms. The first-order valence-corrected chi connectivity index (χ1v) is 4.45. The first-order chi connectivity index (χ1) is 7.70. The van der Waals surface area contributed by atoms with E-state index in [0.29, 0.717) is 11.1 Å². The van der Waals surface area contributed by atoms with Gasteiger partial charge in [0.1, 0.15) is 0 Å². The van der Waals surface area contributed by atoms with Crippen molar-refractivity contribution in [1.82, 2.24) is 10.2 Å². The number of nitrogens with zero attached hydrogens (tertiary/aromatic N) is 1. The highest BCUT2D eigenvalue weighted by molar-refractivity contribution is 5.89. The quantitative estimate of drug-likeness (QED) is 0.757. The number of aromatic nitrogens is 2. The topological polar surface area (TPSA) is 85.2 Å². The summed E-state index contributed by atoms with van der Waals surface area (Å²) in [5.41, 5.74) is 1.02. The van der Waals surface area contributed by atoms with Gasteiger partial charge in [0, 0.05) is 5.56 Å². The zero-order chi connectivity index (χ0) is 11.5. The Labute approximate surface area is 89.9 Å². The SMILES string of the molecule is COC(=O)c1ccc(-c2n[nH]c(=O)o2)cc1. The van der Waals surface area contributed by atoms with E-state index < -0.39 is 11.7 Å². The van der Waals surface area contributed by atoms with Crippen molar-refractivity contribution in [1.29, 1.82) is 0 Å². The van der Waals surface area contributed by atoms with Crippen LogP contribution in [0.3, 0.4) is 0 Å². The minimum atomic E-state index is -0.618. The Kier molecular flexibility index (Phi) is 2.55. The highest BCUT2D eigenvalue weighted by Gasteiger charge is 2.08. The van der Waals surface area contributed by atoms with Crippen LogP contribution in [-0.2, 0) is 4.74 Å². The fraction of sp³-hybridized carbons (Fsp3) is 0.100. The van der Waals surface area contributed by atoms with Crippen molar-refractivity contribution >= 4 is 5.97 Å². The third kappa shape index (κ3) is 1.85.